The van der Waals surface area contributed by atoms with Crippen molar-refractivity contribution in [3.8, 4) is 0 Å². The van der Waals surface area contributed by atoms with E-state index in [9.17, 15) is 9.59 Å². The molecule has 3 atom stereocenters. The number of hydrogen-bond acceptors (Lipinski definition) is 5. The quantitative estimate of drug-likeness (QED) is 0.762. The van der Waals surface area contributed by atoms with Crippen molar-refractivity contribution in [3.63, 3.8) is 0 Å². The number of benzene rings is 1. The summed E-state index contributed by atoms with van der Waals surface area (Å²) in [4.78, 5) is 32.4. The van der Waals surface area contributed by atoms with Gasteiger partial charge in [0.2, 0.25) is 11.8 Å². The Kier molecular flexibility index (Phi) is 7.39. The SMILES string of the molecule is CCNC(=O)N1CCCCCCNC(=O)[C@@H]2C[C@@H](c3nc(Cc4ccccc4)no3)C[C@@H]21. The van der Waals surface area contributed by atoms with E-state index in [0.717, 1.165) is 31.2 Å². The molecule has 8 heteroatoms. The molecule has 4 rings (SSSR count). The molecular weight excluding hydrogens is 406 g/mol. The normalized spacial score (nSPS) is 24.3. The number of carbonyl (C=O) groups excluding carboxylic acids is 2. The van der Waals surface area contributed by atoms with Crippen molar-refractivity contribution in [2.45, 2.75) is 63.8 Å². The highest BCUT2D eigenvalue weighted by atomic mass is 16.5. The third-order valence-corrected chi connectivity index (χ3v) is 6.52. The predicted octanol–water partition coefficient (Wildman–Crippen LogP) is 3.24. The van der Waals surface area contributed by atoms with Gasteiger partial charge in [-0.3, -0.25) is 4.79 Å². The Bertz CT molecular complexity index is 900. The number of urea groups is 1. The van der Waals surface area contributed by atoms with E-state index >= 15 is 0 Å². The fraction of sp³-hybridized carbons (Fsp3) is 0.583. The van der Waals surface area contributed by atoms with Gasteiger partial charge in [0, 0.05) is 38.0 Å². The second-order valence-electron chi connectivity index (χ2n) is 8.79. The summed E-state index contributed by atoms with van der Waals surface area (Å²) in [5, 5.41) is 10.2. The lowest BCUT2D eigenvalue weighted by atomic mass is 10.0. The third kappa shape index (κ3) is 5.29. The van der Waals surface area contributed by atoms with Crippen LogP contribution in [0.15, 0.2) is 34.9 Å². The number of carbonyl (C=O) groups is 2. The van der Waals surface area contributed by atoms with E-state index in [4.69, 9.17) is 4.52 Å². The lowest BCUT2D eigenvalue weighted by molar-refractivity contribution is -0.126. The standard InChI is InChI=1S/C24H33N5O3/c1-2-25-24(31)29-13-9-4-3-8-12-26-22(30)19-15-18(16-20(19)29)23-27-21(28-32-23)14-17-10-6-5-7-11-17/h5-7,10-11,18-20H,2-4,8-9,12-16H2,1H3,(H,25,31)(H,26,30)/t18-,19-,20+/m1/s1. The van der Waals surface area contributed by atoms with E-state index in [1.807, 2.05) is 42.2 Å². The topological polar surface area (TPSA) is 100 Å². The van der Waals surface area contributed by atoms with E-state index < -0.39 is 0 Å². The van der Waals surface area contributed by atoms with E-state index in [-0.39, 0.29) is 29.8 Å². The van der Waals surface area contributed by atoms with Crippen molar-refractivity contribution in [1.82, 2.24) is 25.7 Å². The number of aromatic nitrogens is 2. The molecule has 1 saturated carbocycles. The molecule has 1 saturated heterocycles. The van der Waals surface area contributed by atoms with Gasteiger partial charge >= 0.3 is 6.03 Å². The van der Waals surface area contributed by atoms with Crippen molar-refractivity contribution in [2.75, 3.05) is 19.6 Å². The second kappa shape index (κ2) is 10.6. The van der Waals surface area contributed by atoms with Gasteiger partial charge in [-0.1, -0.05) is 48.3 Å². The Hall–Kier alpha value is -2.90. The first-order valence-electron chi connectivity index (χ1n) is 11.8. The first-order chi connectivity index (χ1) is 15.7. The smallest absolute Gasteiger partial charge is 0.317 e. The highest BCUT2D eigenvalue weighted by Crippen LogP contribution is 2.41. The van der Waals surface area contributed by atoms with Crippen LogP contribution >= 0.6 is 0 Å². The van der Waals surface area contributed by atoms with Crippen LogP contribution in [0.3, 0.4) is 0 Å². The Morgan fingerprint density at radius 3 is 2.81 bits per heavy atom. The molecule has 2 aromatic rings. The minimum Gasteiger partial charge on any atom is -0.356 e. The van der Waals surface area contributed by atoms with Crippen LogP contribution in [0.2, 0.25) is 0 Å². The summed E-state index contributed by atoms with van der Waals surface area (Å²) in [7, 11) is 0. The molecule has 3 amide bonds. The average molecular weight is 440 g/mol. The maximum atomic E-state index is 13.0. The molecular formula is C24H33N5O3. The van der Waals surface area contributed by atoms with Gasteiger partial charge in [0.25, 0.3) is 0 Å². The number of nitrogens with one attached hydrogen (secondary N) is 2. The Balaban J connectivity index is 1.53. The van der Waals surface area contributed by atoms with Gasteiger partial charge in [0.15, 0.2) is 5.82 Å². The van der Waals surface area contributed by atoms with Crippen LogP contribution < -0.4 is 10.6 Å². The number of fused-ring (bicyclic) bond motifs is 1. The van der Waals surface area contributed by atoms with Crippen LogP contribution in [-0.4, -0.2) is 52.7 Å². The lowest BCUT2D eigenvalue weighted by Crippen LogP contribution is -2.50. The average Bonchev–Trinajstić information content (AvgIpc) is 3.43. The number of hydrogen-bond donors (Lipinski definition) is 2. The lowest BCUT2D eigenvalue weighted by Gasteiger charge is -2.32. The molecule has 0 spiro atoms. The van der Waals surface area contributed by atoms with Gasteiger partial charge < -0.3 is 20.1 Å². The van der Waals surface area contributed by atoms with Gasteiger partial charge in [-0.05, 0) is 38.2 Å². The monoisotopic (exact) mass is 439 g/mol. The summed E-state index contributed by atoms with van der Waals surface area (Å²) in [6.07, 6.45) is 5.91. The first-order valence-corrected chi connectivity index (χ1v) is 11.8. The van der Waals surface area contributed by atoms with E-state index in [1.165, 1.54) is 0 Å². The van der Waals surface area contributed by atoms with Crippen molar-refractivity contribution >= 4 is 11.9 Å². The highest BCUT2D eigenvalue weighted by molar-refractivity contribution is 5.81. The molecule has 32 heavy (non-hydrogen) atoms. The molecule has 2 fully saturated rings. The van der Waals surface area contributed by atoms with Gasteiger partial charge in [0.1, 0.15) is 0 Å². The summed E-state index contributed by atoms with van der Waals surface area (Å²) >= 11 is 0. The van der Waals surface area contributed by atoms with Crippen molar-refractivity contribution in [3.05, 3.63) is 47.6 Å². The maximum Gasteiger partial charge on any atom is 0.317 e. The van der Waals surface area contributed by atoms with Crippen LogP contribution in [0.4, 0.5) is 4.79 Å². The fourth-order valence-corrected chi connectivity index (χ4v) is 4.90. The van der Waals surface area contributed by atoms with Crippen LogP contribution in [0.25, 0.3) is 0 Å². The zero-order chi connectivity index (χ0) is 22.3. The van der Waals surface area contributed by atoms with E-state index in [2.05, 4.69) is 20.8 Å². The van der Waals surface area contributed by atoms with E-state index in [0.29, 0.717) is 50.6 Å². The summed E-state index contributed by atoms with van der Waals surface area (Å²) in [6.45, 7) is 3.83. The fourth-order valence-electron chi connectivity index (χ4n) is 4.90. The molecule has 2 heterocycles. The number of amides is 3. The summed E-state index contributed by atoms with van der Waals surface area (Å²) in [6, 6.07) is 9.78. The summed E-state index contributed by atoms with van der Waals surface area (Å²) in [5.74, 6) is 0.931. The number of rotatable bonds is 4. The van der Waals surface area contributed by atoms with Crippen molar-refractivity contribution in [2.24, 2.45) is 5.92 Å². The maximum absolute atomic E-state index is 13.0. The Morgan fingerprint density at radius 1 is 1.19 bits per heavy atom. The summed E-state index contributed by atoms with van der Waals surface area (Å²) < 4.78 is 5.63. The molecule has 172 valence electrons. The largest absolute Gasteiger partial charge is 0.356 e. The summed E-state index contributed by atoms with van der Waals surface area (Å²) in [5.41, 5.74) is 1.12. The van der Waals surface area contributed by atoms with E-state index in [1.54, 1.807) is 0 Å². The molecule has 0 bridgehead atoms. The molecule has 2 aliphatic rings. The molecule has 1 aromatic carbocycles. The van der Waals surface area contributed by atoms with Crippen LogP contribution in [0.5, 0.6) is 0 Å². The predicted molar refractivity (Wildman–Crippen MR) is 120 cm³/mol. The molecule has 8 nitrogen and oxygen atoms in total. The molecule has 1 aromatic heterocycles. The third-order valence-electron chi connectivity index (χ3n) is 6.52. The number of nitrogens with zero attached hydrogens (tertiary/aromatic N) is 3. The van der Waals surface area contributed by atoms with Crippen LogP contribution in [0.1, 0.15) is 68.6 Å². The van der Waals surface area contributed by atoms with Gasteiger partial charge in [-0.2, -0.15) is 4.98 Å². The van der Waals surface area contributed by atoms with Gasteiger partial charge in [-0.15, -0.1) is 0 Å². The van der Waals surface area contributed by atoms with Crippen LogP contribution in [-0.2, 0) is 11.2 Å². The van der Waals surface area contributed by atoms with Crippen molar-refractivity contribution < 1.29 is 14.1 Å². The van der Waals surface area contributed by atoms with Crippen LogP contribution in [0, 0.1) is 5.92 Å². The molecule has 1 aliphatic heterocycles. The first kappa shape index (κ1) is 22.3. The molecule has 0 radical (unpaired) electrons. The minimum atomic E-state index is -0.273. The Morgan fingerprint density at radius 2 is 2.00 bits per heavy atom. The van der Waals surface area contributed by atoms with Gasteiger partial charge in [-0.25, -0.2) is 4.79 Å². The highest BCUT2D eigenvalue weighted by Gasteiger charge is 2.45. The molecule has 0 unspecified atom stereocenters. The molecule has 1 aliphatic carbocycles. The molecule has 2 N–H and O–H groups in total. The zero-order valence-corrected chi connectivity index (χ0v) is 18.8. The van der Waals surface area contributed by atoms with Gasteiger partial charge in [0.05, 0.1) is 5.92 Å². The Labute approximate surface area is 189 Å². The zero-order valence-electron chi connectivity index (χ0n) is 18.8. The second-order valence-corrected chi connectivity index (χ2v) is 8.79. The minimum absolute atomic E-state index is 0.0257. The van der Waals surface area contributed by atoms with Crippen molar-refractivity contribution in [1.29, 1.82) is 0 Å².